The van der Waals surface area contributed by atoms with Gasteiger partial charge in [0.1, 0.15) is 0 Å². The molecule has 0 aromatic carbocycles. The van der Waals surface area contributed by atoms with E-state index in [-0.39, 0.29) is 0 Å². The van der Waals surface area contributed by atoms with Crippen molar-refractivity contribution >= 4 is 32.7 Å². The van der Waals surface area contributed by atoms with Crippen LogP contribution >= 0.6 is 22.7 Å². The molecule has 122 valence electrons. The van der Waals surface area contributed by atoms with E-state index in [1.54, 1.807) is 36.6 Å². The van der Waals surface area contributed by atoms with Gasteiger partial charge in [-0.3, -0.25) is 0 Å². The van der Waals surface area contributed by atoms with Crippen molar-refractivity contribution in [2.24, 2.45) is 0 Å². The van der Waals surface area contributed by atoms with E-state index < -0.39 is 10.0 Å². The van der Waals surface area contributed by atoms with Gasteiger partial charge in [-0.15, -0.1) is 22.7 Å². The van der Waals surface area contributed by atoms with Crippen LogP contribution in [0.3, 0.4) is 0 Å². The zero-order valence-corrected chi connectivity index (χ0v) is 15.1. The van der Waals surface area contributed by atoms with Crippen molar-refractivity contribution in [3.63, 3.8) is 0 Å². The number of hydrogen-bond acceptors (Lipinski definition) is 6. The van der Waals surface area contributed by atoms with E-state index in [9.17, 15) is 8.42 Å². The topological polar surface area (TPSA) is 72.2 Å². The van der Waals surface area contributed by atoms with Crippen molar-refractivity contribution in [3.05, 3.63) is 45.1 Å². The molecule has 0 spiro atoms. The fourth-order valence-electron chi connectivity index (χ4n) is 2.23. The molecular formula is C15H16N2O3S3. The van der Waals surface area contributed by atoms with Gasteiger partial charge in [0, 0.05) is 22.4 Å². The van der Waals surface area contributed by atoms with E-state index in [0.717, 1.165) is 9.75 Å². The molecule has 0 fully saturated rings. The van der Waals surface area contributed by atoms with Crippen LogP contribution in [-0.2, 0) is 16.4 Å². The van der Waals surface area contributed by atoms with Crippen molar-refractivity contribution in [2.45, 2.75) is 25.2 Å². The first-order valence-corrected chi connectivity index (χ1v) is 10.2. The summed E-state index contributed by atoms with van der Waals surface area (Å²) in [5.41, 5.74) is 1.20. The number of nitrogens with one attached hydrogen (secondary N) is 1. The third kappa shape index (κ3) is 3.55. The van der Waals surface area contributed by atoms with Gasteiger partial charge >= 0.3 is 0 Å². The number of rotatable bonds is 6. The van der Waals surface area contributed by atoms with Gasteiger partial charge in [-0.1, -0.05) is 5.16 Å². The molecular weight excluding hydrogens is 352 g/mol. The smallest absolute Gasteiger partial charge is 0.241 e. The Kier molecular flexibility index (Phi) is 4.67. The maximum atomic E-state index is 12.5. The van der Waals surface area contributed by atoms with Crippen molar-refractivity contribution in [3.8, 4) is 10.6 Å². The molecule has 0 unspecified atom stereocenters. The minimum absolute atomic E-state index is 0.303. The maximum absolute atomic E-state index is 12.5. The van der Waals surface area contributed by atoms with Gasteiger partial charge < -0.3 is 4.52 Å². The van der Waals surface area contributed by atoms with Crippen molar-refractivity contribution in [2.75, 3.05) is 6.54 Å². The highest BCUT2D eigenvalue weighted by atomic mass is 32.2. The third-order valence-corrected chi connectivity index (χ3v) is 7.32. The minimum Gasteiger partial charge on any atom is -0.355 e. The van der Waals surface area contributed by atoms with E-state index >= 15 is 0 Å². The molecule has 0 bridgehead atoms. The highest BCUT2D eigenvalue weighted by Gasteiger charge is 2.21. The summed E-state index contributed by atoms with van der Waals surface area (Å²) in [6.07, 6.45) is 2.24. The molecule has 8 heteroatoms. The number of nitrogens with zero attached hydrogens (tertiary/aromatic N) is 1. The van der Waals surface area contributed by atoms with E-state index in [2.05, 4.69) is 9.88 Å². The molecule has 3 aromatic heterocycles. The van der Waals surface area contributed by atoms with Gasteiger partial charge in [0.25, 0.3) is 0 Å². The Labute approximate surface area is 143 Å². The lowest BCUT2D eigenvalue weighted by Gasteiger charge is -2.06. The molecule has 0 radical (unpaired) electrons. The molecule has 3 heterocycles. The second-order valence-electron chi connectivity index (χ2n) is 5.08. The Morgan fingerprint density at radius 3 is 2.78 bits per heavy atom. The number of aryl methyl sites for hydroxylation is 2. The molecule has 23 heavy (non-hydrogen) atoms. The summed E-state index contributed by atoms with van der Waals surface area (Å²) in [4.78, 5) is 3.00. The highest BCUT2D eigenvalue weighted by Crippen LogP contribution is 2.33. The van der Waals surface area contributed by atoms with Crippen LogP contribution in [0.2, 0.25) is 0 Å². The molecule has 0 saturated heterocycles. The molecule has 0 saturated carbocycles. The molecule has 3 rings (SSSR count). The summed E-state index contributed by atoms with van der Waals surface area (Å²) >= 11 is 3.03. The van der Waals surface area contributed by atoms with Crippen LogP contribution in [0.4, 0.5) is 0 Å². The average Bonchev–Trinajstić information content (AvgIpc) is 3.20. The van der Waals surface area contributed by atoms with Gasteiger partial charge in [0.15, 0.2) is 5.76 Å². The van der Waals surface area contributed by atoms with Gasteiger partial charge in [0.2, 0.25) is 10.0 Å². The van der Waals surface area contributed by atoms with Crippen molar-refractivity contribution < 1.29 is 12.9 Å². The first kappa shape index (κ1) is 16.4. The lowest BCUT2D eigenvalue weighted by atomic mass is 10.2. The summed E-state index contributed by atoms with van der Waals surface area (Å²) < 4.78 is 32.8. The molecule has 5 nitrogen and oxygen atoms in total. The molecule has 0 aliphatic rings. The SMILES string of the molecule is Cc1ccsc1CCNS(=O)(=O)c1cc(-c2ccno2)sc1C. The molecule has 0 amide bonds. The third-order valence-electron chi connectivity index (χ3n) is 3.45. The standard InChI is InChI=1S/C15H16N2O3S3/c1-10-5-8-21-13(10)4-7-17-23(18,19)15-9-14(22-11(15)2)12-3-6-16-20-12/h3,5-6,8-9,17H,4,7H2,1-2H3. The molecule has 1 N–H and O–H groups in total. The van der Waals surface area contributed by atoms with Crippen LogP contribution in [0.1, 0.15) is 15.3 Å². The predicted molar refractivity (Wildman–Crippen MR) is 92.5 cm³/mol. The Bertz CT molecular complexity index is 892. The highest BCUT2D eigenvalue weighted by molar-refractivity contribution is 7.89. The number of aromatic nitrogens is 1. The van der Waals surface area contributed by atoms with Gasteiger partial charge in [0.05, 0.1) is 16.0 Å². The number of thiophene rings is 2. The normalized spacial score (nSPS) is 11.9. The van der Waals surface area contributed by atoms with E-state index in [1.165, 1.54) is 21.8 Å². The monoisotopic (exact) mass is 368 g/mol. The Balaban J connectivity index is 1.73. The summed E-state index contributed by atoms with van der Waals surface area (Å²) in [6, 6.07) is 5.40. The second kappa shape index (κ2) is 6.56. The second-order valence-corrected chi connectivity index (χ2v) is 9.07. The van der Waals surface area contributed by atoms with E-state index in [0.29, 0.717) is 23.6 Å². The summed E-state index contributed by atoms with van der Waals surface area (Å²) in [6.45, 7) is 4.21. The van der Waals surface area contributed by atoms with Crippen LogP contribution in [0.5, 0.6) is 0 Å². The fourth-order valence-corrected chi connectivity index (χ4v) is 5.72. The number of hydrogen-bond donors (Lipinski definition) is 1. The van der Waals surface area contributed by atoms with E-state index in [1.807, 2.05) is 18.4 Å². The molecule has 0 aliphatic carbocycles. The summed E-state index contributed by atoms with van der Waals surface area (Å²) in [5, 5.41) is 5.67. The Hall–Kier alpha value is -1.48. The first-order valence-electron chi connectivity index (χ1n) is 7.01. The predicted octanol–water partition coefficient (Wildman–Crippen LogP) is 3.60. The zero-order valence-electron chi connectivity index (χ0n) is 12.7. The van der Waals surface area contributed by atoms with Crippen LogP contribution in [-0.4, -0.2) is 20.1 Å². The largest absolute Gasteiger partial charge is 0.355 e. The van der Waals surface area contributed by atoms with Crippen molar-refractivity contribution in [1.82, 2.24) is 9.88 Å². The first-order chi connectivity index (χ1) is 11.0. The fraction of sp³-hybridized carbons (Fsp3) is 0.267. The molecule has 3 aromatic rings. The lowest BCUT2D eigenvalue weighted by Crippen LogP contribution is -2.26. The van der Waals surface area contributed by atoms with Gasteiger partial charge in [-0.25, -0.2) is 13.1 Å². The van der Waals surface area contributed by atoms with Crippen LogP contribution < -0.4 is 4.72 Å². The van der Waals surface area contributed by atoms with Crippen LogP contribution in [0.15, 0.2) is 39.2 Å². The van der Waals surface area contributed by atoms with Gasteiger partial charge in [-0.05, 0) is 43.3 Å². The summed E-state index contributed by atoms with van der Waals surface area (Å²) in [5.74, 6) is 0.578. The molecule has 0 atom stereocenters. The quantitative estimate of drug-likeness (QED) is 0.721. The summed E-state index contributed by atoms with van der Waals surface area (Å²) in [7, 11) is -3.52. The van der Waals surface area contributed by atoms with E-state index in [4.69, 9.17) is 4.52 Å². The average molecular weight is 369 g/mol. The molecule has 0 aliphatic heterocycles. The maximum Gasteiger partial charge on any atom is 0.241 e. The van der Waals surface area contributed by atoms with Crippen molar-refractivity contribution in [1.29, 1.82) is 0 Å². The Morgan fingerprint density at radius 2 is 2.13 bits per heavy atom. The Morgan fingerprint density at radius 1 is 1.30 bits per heavy atom. The van der Waals surface area contributed by atoms with Crippen LogP contribution in [0.25, 0.3) is 10.6 Å². The zero-order chi connectivity index (χ0) is 16.4. The lowest BCUT2D eigenvalue weighted by molar-refractivity contribution is 0.433. The van der Waals surface area contributed by atoms with Gasteiger partial charge in [-0.2, -0.15) is 0 Å². The minimum atomic E-state index is -3.52. The van der Waals surface area contributed by atoms with Crippen LogP contribution in [0, 0.1) is 13.8 Å². The number of sulfonamides is 1.